The normalized spacial score (nSPS) is 11.7. The van der Waals surface area contributed by atoms with Crippen LogP contribution < -0.4 is 0 Å². The molecule has 0 aliphatic heterocycles. The molecular formula is C13H9F3N6S. The average molecular weight is 338 g/mol. The lowest BCUT2D eigenvalue weighted by molar-refractivity contribution is -0.141. The van der Waals surface area contributed by atoms with Gasteiger partial charge in [0.15, 0.2) is 16.1 Å². The molecule has 0 saturated heterocycles. The third kappa shape index (κ3) is 3.31. The van der Waals surface area contributed by atoms with E-state index in [9.17, 15) is 13.2 Å². The van der Waals surface area contributed by atoms with Crippen molar-refractivity contribution in [3.8, 4) is 11.4 Å². The van der Waals surface area contributed by atoms with Gasteiger partial charge >= 0.3 is 6.18 Å². The summed E-state index contributed by atoms with van der Waals surface area (Å²) < 4.78 is 39.7. The molecule has 10 heteroatoms. The monoisotopic (exact) mass is 338 g/mol. The van der Waals surface area contributed by atoms with Gasteiger partial charge in [0.1, 0.15) is 5.69 Å². The molecule has 3 aromatic rings. The topological polar surface area (TPSA) is 69.4 Å². The Morgan fingerprint density at radius 3 is 2.48 bits per heavy atom. The van der Waals surface area contributed by atoms with Crippen LogP contribution in [0.2, 0.25) is 0 Å². The number of pyridine rings is 1. The molecule has 0 atom stereocenters. The van der Waals surface area contributed by atoms with Gasteiger partial charge in [0, 0.05) is 31.2 Å². The molecule has 0 bridgehead atoms. The van der Waals surface area contributed by atoms with E-state index in [1.54, 1.807) is 36.1 Å². The highest BCUT2D eigenvalue weighted by Crippen LogP contribution is 2.30. The molecule has 0 unspecified atom stereocenters. The van der Waals surface area contributed by atoms with E-state index >= 15 is 0 Å². The molecule has 3 aromatic heterocycles. The lowest BCUT2D eigenvalue weighted by Gasteiger charge is -2.06. The van der Waals surface area contributed by atoms with Crippen molar-refractivity contribution in [1.82, 2.24) is 29.7 Å². The van der Waals surface area contributed by atoms with E-state index in [0.29, 0.717) is 11.0 Å². The van der Waals surface area contributed by atoms with Crippen molar-refractivity contribution in [3.63, 3.8) is 0 Å². The number of aromatic nitrogens is 6. The first kappa shape index (κ1) is 15.4. The molecule has 0 aromatic carbocycles. The standard InChI is InChI=1S/C13H9F3N6S/c1-22-10(8-2-5-17-6-3-8)20-21-12(22)23-11-18-7-4-9(19-11)13(14,15)16/h2-7H,1H3. The molecule has 3 heterocycles. The van der Waals surface area contributed by atoms with Gasteiger partial charge < -0.3 is 4.57 Å². The highest BCUT2D eigenvalue weighted by Gasteiger charge is 2.33. The van der Waals surface area contributed by atoms with Crippen LogP contribution in [0, 0.1) is 0 Å². The van der Waals surface area contributed by atoms with E-state index in [4.69, 9.17) is 0 Å². The zero-order valence-electron chi connectivity index (χ0n) is 11.7. The van der Waals surface area contributed by atoms with Crippen molar-refractivity contribution in [2.75, 3.05) is 0 Å². The van der Waals surface area contributed by atoms with Gasteiger partial charge in [-0.05, 0) is 30.0 Å². The van der Waals surface area contributed by atoms with Crippen molar-refractivity contribution < 1.29 is 13.2 Å². The Labute approximate surface area is 132 Å². The van der Waals surface area contributed by atoms with Gasteiger partial charge in [-0.3, -0.25) is 4.98 Å². The summed E-state index contributed by atoms with van der Waals surface area (Å²) in [4.78, 5) is 11.2. The molecule has 0 fully saturated rings. The number of halogens is 3. The molecule has 0 N–H and O–H groups in total. The van der Waals surface area contributed by atoms with E-state index in [0.717, 1.165) is 29.6 Å². The van der Waals surface area contributed by atoms with Crippen LogP contribution in [-0.4, -0.2) is 29.7 Å². The van der Waals surface area contributed by atoms with Crippen LogP contribution in [0.3, 0.4) is 0 Å². The Hall–Kier alpha value is -2.49. The van der Waals surface area contributed by atoms with E-state index in [1.807, 2.05) is 0 Å². The van der Waals surface area contributed by atoms with Crippen molar-refractivity contribution in [3.05, 3.63) is 42.5 Å². The van der Waals surface area contributed by atoms with E-state index in [1.165, 1.54) is 0 Å². The highest BCUT2D eigenvalue weighted by molar-refractivity contribution is 7.99. The average Bonchev–Trinajstić information content (AvgIpc) is 2.89. The third-order valence-corrected chi connectivity index (χ3v) is 3.80. The second kappa shape index (κ2) is 5.95. The fraction of sp³-hybridized carbons (Fsp3) is 0.154. The predicted molar refractivity (Wildman–Crippen MR) is 75.4 cm³/mol. The van der Waals surface area contributed by atoms with Gasteiger partial charge in [0.2, 0.25) is 0 Å². The summed E-state index contributed by atoms with van der Waals surface area (Å²) >= 11 is 0.911. The summed E-state index contributed by atoms with van der Waals surface area (Å²) in [5.41, 5.74) is -0.196. The summed E-state index contributed by atoms with van der Waals surface area (Å²) in [6.45, 7) is 0. The van der Waals surface area contributed by atoms with Crippen LogP contribution in [0.4, 0.5) is 13.2 Å². The summed E-state index contributed by atoms with van der Waals surface area (Å²) in [6.07, 6.45) is -0.210. The second-order valence-electron chi connectivity index (χ2n) is 4.43. The molecule has 0 spiro atoms. The molecule has 0 saturated carbocycles. The first-order chi connectivity index (χ1) is 10.9. The quantitative estimate of drug-likeness (QED) is 0.684. The van der Waals surface area contributed by atoms with Crippen molar-refractivity contribution >= 4 is 11.8 Å². The van der Waals surface area contributed by atoms with Crippen molar-refractivity contribution in [2.45, 2.75) is 16.5 Å². The van der Waals surface area contributed by atoms with Crippen LogP contribution in [0.1, 0.15) is 5.69 Å². The van der Waals surface area contributed by atoms with Gasteiger partial charge in [-0.1, -0.05) is 0 Å². The Bertz CT molecular complexity index is 818. The minimum absolute atomic E-state index is 0.0448. The van der Waals surface area contributed by atoms with E-state index in [2.05, 4.69) is 25.1 Å². The SMILES string of the molecule is Cn1c(Sc2nccc(C(F)(F)F)n2)nnc1-c1ccncc1. The van der Waals surface area contributed by atoms with Gasteiger partial charge in [0.05, 0.1) is 0 Å². The third-order valence-electron chi connectivity index (χ3n) is 2.88. The summed E-state index contributed by atoms with van der Waals surface area (Å²) in [7, 11) is 1.71. The predicted octanol–water partition coefficient (Wildman–Crippen LogP) is 2.84. The van der Waals surface area contributed by atoms with Crippen LogP contribution in [0.15, 0.2) is 47.1 Å². The largest absolute Gasteiger partial charge is 0.433 e. The minimum atomic E-state index is -4.51. The Morgan fingerprint density at radius 2 is 1.78 bits per heavy atom. The zero-order chi connectivity index (χ0) is 16.4. The molecule has 3 rings (SSSR count). The lowest BCUT2D eigenvalue weighted by Crippen LogP contribution is -2.08. The van der Waals surface area contributed by atoms with Crippen molar-refractivity contribution in [1.29, 1.82) is 0 Å². The summed E-state index contributed by atoms with van der Waals surface area (Å²) in [6, 6.07) is 4.35. The molecule has 0 aliphatic rings. The first-order valence-electron chi connectivity index (χ1n) is 6.33. The Kier molecular flexibility index (Phi) is 3.99. The smallest absolute Gasteiger partial charge is 0.305 e. The fourth-order valence-corrected chi connectivity index (χ4v) is 2.51. The molecule has 6 nitrogen and oxygen atoms in total. The van der Waals surface area contributed by atoms with Gasteiger partial charge in [-0.25, -0.2) is 9.97 Å². The molecule has 23 heavy (non-hydrogen) atoms. The fourth-order valence-electron chi connectivity index (χ4n) is 1.79. The maximum absolute atomic E-state index is 12.7. The van der Waals surface area contributed by atoms with E-state index < -0.39 is 11.9 Å². The number of nitrogens with zero attached hydrogens (tertiary/aromatic N) is 6. The maximum atomic E-state index is 12.7. The Morgan fingerprint density at radius 1 is 1.04 bits per heavy atom. The zero-order valence-corrected chi connectivity index (χ0v) is 12.5. The van der Waals surface area contributed by atoms with Gasteiger partial charge in [0.25, 0.3) is 0 Å². The van der Waals surface area contributed by atoms with Gasteiger partial charge in [-0.15, -0.1) is 10.2 Å². The van der Waals surface area contributed by atoms with Crippen molar-refractivity contribution in [2.24, 2.45) is 7.05 Å². The Balaban J connectivity index is 1.89. The highest BCUT2D eigenvalue weighted by atomic mass is 32.2. The molecule has 0 aliphatic carbocycles. The maximum Gasteiger partial charge on any atom is 0.433 e. The second-order valence-corrected chi connectivity index (χ2v) is 5.36. The molecule has 118 valence electrons. The molecule has 0 radical (unpaired) electrons. The number of alkyl halides is 3. The van der Waals surface area contributed by atoms with Crippen LogP contribution >= 0.6 is 11.8 Å². The summed E-state index contributed by atoms with van der Waals surface area (Å²) in [5.74, 6) is 0.571. The number of rotatable bonds is 3. The lowest BCUT2D eigenvalue weighted by atomic mass is 10.2. The summed E-state index contributed by atoms with van der Waals surface area (Å²) in [5, 5.41) is 8.35. The van der Waals surface area contributed by atoms with Gasteiger partial charge in [-0.2, -0.15) is 13.2 Å². The first-order valence-corrected chi connectivity index (χ1v) is 7.14. The van der Waals surface area contributed by atoms with Crippen LogP contribution in [0.5, 0.6) is 0 Å². The number of hydrogen-bond acceptors (Lipinski definition) is 6. The van der Waals surface area contributed by atoms with E-state index in [-0.39, 0.29) is 5.16 Å². The van der Waals surface area contributed by atoms with Crippen LogP contribution in [0.25, 0.3) is 11.4 Å². The molecular weight excluding hydrogens is 329 g/mol. The molecule has 0 amide bonds. The van der Waals surface area contributed by atoms with Crippen LogP contribution in [-0.2, 0) is 13.2 Å². The number of hydrogen-bond donors (Lipinski definition) is 0. The minimum Gasteiger partial charge on any atom is -0.305 e.